The van der Waals surface area contributed by atoms with Gasteiger partial charge in [-0.3, -0.25) is 0 Å². The molecule has 4 heteroatoms. The van der Waals surface area contributed by atoms with E-state index >= 15 is 0 Å². The summed E-state index contributed by atoms with van der Waals surface area (Å²) < 4.78 is 0. The zero-order valence-corrected chi connectivity index (χ0v) is 10.5. The average molecular weight is 241 g/mol. The first-order chi connectivity index (χ1) is 7.58. The Morgan fingerprint density at radius 3 is 2.75 bits per heavy atom. The first kappa shape index (κ1) is 13.0. The monoisotopic (exact) mass is 240 g/mol. The van der Waals surface area contributed by atoms with Crippen molar-refractivity contribution in [2.45, 2.75) is 20.5 Å². The number of nitrogens with zero attached hydrogens (tertiary/aromatic N) is 2. The predicted octanol–water partition coefficient (Wildman–Crippen LogP) is 2.63. The van der Waals surface area contributed by atoms with Crippen LogP contribution in [-0.2, 0) is 6.61 Å². The largest absolute Gasteiger partial charge is 0.392 e. The molecule has 0 amide bonds. The third kappa shape index (κ3) is 3.22. The first-order valence-electron chi connectivity index (χ1n) is 5.23. The second-order valence-corrected chi connectivity index (χ2v) is 4.19. The van der Waals surface area contributed by atoms with Gasteiger partial charge in [0.25, 0.3) is 0 Å². The molecule has 0 bridgehead atoms. The molecule has 16 heavy (non-hydrogen) atoms. The molecule has 1 aromatic heterocycles. The van der Waals surface area contributed by atoms with Crippen molar-refractivity contribution in [3.63, 3.8) is 0 Å². The molecule has 3 nitrogen and oxygen atoms in total. The third-order valence-electron chi connectivity index (χ3n) is 2.20. The maximum Gasteiger partial charge on any atom is 0.147 e. The number of halogens is 1. The second-order valence-electron chi connectivity index (χ2n) is 3.78. The van der Waals surface area contributed by atoms with Crippen LogP contribution in [0.5, 0.6) is 0 Å². The van der Waals surface area contributed by atoms with Gasteiger partial charge in [0.15, 0.2) is 0 Å². The summed E-state index contributed by atoms with van der Waals surface area (Å²) in [5.74, 6) is 0.740. The quantitative estimate of drug-likeness (QED) is 0.804. The molecule has 0 unspecified atom stereocenters. The Morgan fingerprint density at radius 1 is 1.62 bits per heavy atom. The minimum Gasteiger partial charge on any atom is -0.392 e. The maximum atomic E-state index is 8.97. The minimum atomic E-state index is -0.0421. The molecule has 1 rings (SSSR count). The molecule has 1 heterocycles. The van der Waals surface area contributed by atoms with E-state index in [-0.39, 0.29) is 6.61 Å². The van der Waals surface area contributed by atoms with E-state index < -0.39 is 0 Å². The van der Waals surface area contributed by atoms with Crippen LogP contribution in [0.1, 0.15) is 19.4 Å². The Bertz CT molecular complexity index is 379. The van der Waals surface area contributed by atoms with Gasteiger partial charge >= 0.3 is 0 Å². The first-order valence-corrected chi connectivity index (χ1v) is 5.60. The van der Waals surface area contributed by atoms with Gasteiger partial charge in [-0.15, -0.1) is 0 Å². The molecule has 1 N–H and O–H groups in total. The molecule has 0 aliphatic heterocycles. The van der Waals surface area contributed by atoms with E-state index in [0.717, 1.165) is 30.0 Å². The molecule has 0 atom stereocenters. The molecule has 0 saturated carbocycles. The molecule has 88 valence electrons. The topological polar surface area (TPSA) is 36.4 Å². The van der Waals surface area contributed by atoms with Crippen molar-refractivity contribution in [2.75, 3.05) is 18.0 Å². The van der Waals surface area contributed by atoms with Crippen molar-refractivity contribution in [3.05, 3.63) is 35.0 Å². The number of aliphatic hydroxyl groups is 1. The molecule has 0 aliphatic carbocycles. The fourth-order valence-corrected chi connectivity index (χ4v) is 1.76. The van der Waals surface area contributed by atoms with E-state index in [2.05, 4.69) is 11.6 Å². The van der Waals surface area contributed by atoms with E-state index in [4.69, 9.17) is 16.7 Å². The minimum absolute atomic E-state index is 0.0421. The van der Waals surface area contributed by atoms with Crippen LogP contribution < -0.4 is 4.90 Å². The van der Waals surface area contributed by atoms with Crippen molar-refractivity contribution in [1.29, 1.82) is 0 Å². The van der Waals surface area contributed by atoms with Gasteiger partial charge < -0.3 is 10.0 Å². The van der Waals surface area contributed by atoms with E-state index in [1.54, 1.807) is 12.3 Å². The number of likely N-dealkylation sites (N-methyl/N-ethyl adjacent to an activating group) is 1. The van der Waals surface area contributed by atoms with E-state index in [1.165, 1.54) is 0 Å². The van der Waals surface area contributed by atoms with Crippen molar-refractivity contribution in [3.8, 4) is 0 Å². The second kappa shape index (κ2) is 5.87. The van der Waals surface area contributed by atoms with E-state index in [9.17, 15) is 0 Å². The SMILES string of the molecule is C=C(C)CN(CC)c1ncc(CO)cc1Cl. The predicted molar refractivity (Wildman–Crippen MR) is 67.9 cm³/mol. The molecule has 0 aromatic carbocycles. The van der Waals surface area contributed by atoms with Crippen LogP contribution in [-0.4, -0.2) is 23.2 Å². The highest BCUT2D eigenvalue weighted by molar-refractivity contribution is 6.33. The Kier molecular flexibility index (Phi) is 4.77. The lowest BCUT2D eigenvalue weighted by Crippen LogP contribution is -2.25. The molecule has 1 aromatic rings. The van der Waals surface area contributed by atoms with Gasteiger partial charge in [0, 0.05) is 19.3 Å². The van der Waals surface area contributed by atoms with Crippen LogP contribution in [0, 0.1) is 0 Å². The highest BCUT2D eigenvalue weighted by atomic mass is 35.5. The standard InChI is InChI=1S/C12H17ClN2O/c1-4-15(7-9(2)3)12-11(13)5-10(8-16)6-14-12/h5-6,16H,2,4,7-8H2,1,3H3. The van der Waals surface area contributed by atoms with Gasteiger partial charge in [-0.25, -0.2) is 4.98 Å². The van der Waals surface area contributed by atoms with Crippen molar-refractivity contribution in [1.82, 2.24) is 4.98 Å². The van der Waals surface area contributed by atoms with Crippen LogP contribution in [0.3, 0.4) is 0 Å². The van der Waals surface area contributed by atoms with Gasteiger partial charge in [0.1, 0.15) is 5.82 Å². The number of aliphatic hydroxyl groups excluding tert-OH is 1. The fraction of sp³-hybridized carbons (Fsp3) is 0.417. The summed E-state index contributed by atoms with van der Waals surface area (Å²) in [5.41, 5.74) is 1.78. The Balaban J connectivity index is 2.96. The van der Waals surface area contributed by atoms with Crippen LogP contribution in [0.2, 0.25) is 5.02 Å². The average Bonchev–Trinajstić information content (AvgIpc) is 2.25. The lowest BCUT2D eigenvalue weighted by Gasteiger charge is -2.23. The number of hydrogen-bond donors (Lipinski definition) is 1. The number of anilines is 1. The Hall–Kier alpha value is -1.06. The Labute approximate surface area is 101 Å². The number of hydrogen-bond acceptors (Lipinski definition) is 3. The normalized spacial score (nSPS) is 10.2. The van der Waals surface area contributed by atoms with Crippen LogP contribution in [0.4, 0.5) is 5.82 Å². The highest BCUT2D eigenvalue weighted by Crippen LogP contribution is 2.24. The summed E-state index contributed by atoms with van der Waals surface area (Å²) in [5, 5.41) is 9.53. The summed E-state index contributed by atoms with van der Waals surface area (Å²) in [6.45, 7) is 9.41. The molecule has 0 radical (unpaired) electrons. The van der Waals surface area contributed by atoms with E-state index in [0.29, 0.717) is 5.02 Å². The van der Waals surface area contributed by atoms with Crippen LogP contribution in [0.25, 0.3) is 0 Å². The van der Waals surface area contributed by atoms with Gasteiger partial charge in [-0.05, 0) is 25.5 Å². The van der Waals surface area contributed by atoms with Crippen molar-refractivity contribution in [2.24, 2.45) is 0 Å². The van der Waals surface area contributed by atoms with Gasteiger partial charge in [-0.1, -0.05) is 23.8 Å². The van der Waals surface area contributed by atoms with Crippen LogP contribution in [0.15, 0.2) is 24.4 Å². The van der Waals surface area contributed by atoms with Gasteiger partial charge in [0.05, 0.1) is 11.6 Å². The maximum absolute atomic E-state index is 8.97. The van der Waals surface area contributed by atoms with Crippen molar-refractivity contribution >= 4 is 17.4 Å². The van der Waals surface area contributed by atoms with Crippen molar-refractivity contribution < 1.29 is 5.11 Å². The summed E-state index contributed by atoms with van der Waals surface area (Å²) >= 11 is 6.12. The zero-order valence-electron chi connectivity index (χ0n) is 9.70. The summed E-state index contributed by atoms with van der Waals surface area (Å²) in [6, 6.07) is 1.74. The number of pyridine rings is 1. The molecule has 0 fully saturated rings. The third-order valence-corrected chi connectivity index (χ3v) is 2.48. The molecule has 0 aliphatic rings. The summed E-state index contributed by atoms with van der Waals surface area (Å²) in [6.07, 6.45) is 1.64. The number of rotatable bonds is 5. The smallest absolute Gasteiger partial charge is 0.147 e. The van der Waals surface area contributed by atoms with Crippen LogP contribution >= 0.6 is 11.6 Å². The summed E-state index contributed by atoms with van der Waals surface area (Å²) in [7, 11) is 0. The fourth-order valence-electron chi connectivity index (χ4n) is 1.45. The molecular weight excluding hydrogens is 224 g/mol. The lowest BCUT2D eigenvalue weighted by atomic mass is 10.2. The van der Waals surface area contributed by atoms with Gasteiger partial charge in [0.2, 0.25) is 0 Å². The Morgan fingerprint density at radius 2 is 2.31 bits per heavy atom. The molecule has 0 spiro atoms. The lowest BCUT2D eigenvalue weighted by molar-refractivity contribution is 0.281. The zero-order chi connectivity index (χ0) is 12.1. The highest BCUT2D eigenvalue weighted by Gasteiger charge is 2.10. The molecule has 0 saturated heterocycles. The van der Waals surface area contributed by atoms with Gasteiger partial charge in [-0.2, -0.15) is 0 Å². The summed E-state index contributed by atoms with van der Waals surface area (Å²) in [4.78, 5) is 6.31. The molecular formula is C12H17ClN2O. The van der Waals surface area contributed by atoms with E-state index in [1.807, 2.05) is 18.7 Å². The number of aromatic nitrogens is 1.